The van der Waals surface area contributed by atoms with Gasteiger partial charge in [-0.15, -0.1) is 0 Å². The van der Waals surface area contributed by atoms with Crippen LogP contribution in [0.4, 0.5) is 0 Å². The molecule has 0 aliphatic heterocycles. The van der Waals surface area contributed by atoms with Crippen LogP contribution in [0.2, 0.25) is 0 Å². The number of rotatable bonds is 1. The predicted octanol–water partition coefficient (Wildman–Crippen LogP) is 3.07. The second-order valence-electron chi connectivity index (χ2n) is 3.75. The summed E-state index contributed by atoms with van der Waals surface area (Å²) in [6.07, 6.45) is 0. The highest BCUT2D eigenvalue weighted by Crippen LogP contribution is 2.20. The Morgan fingerprint density at radius 1 is 0.800 bits per heavy atom. The molecule has 76 valence electrons. The van der Waals surface area contributed by atoms with Gasteiger partial charge in [0, 0.05) is 22.6 Å². The Kier molecular flexibility index (Phi) is 2.50. The molecule has 15 heavy (non-hydrogen) atoms. The third-order valence-electron chi connectivity index (χ3n) is 2.39. The van der Waals surface area contributed by atoms with Gasteiger partial charge in [-0.05, 0) is 45.0 Å². The molecule has 2 rings (SSSR count). The zero-order chi connectivity index (χ0) is 10.8. The third-order valence-corrected chi connectivity index (χ3v) is 2.39. The lowest BCUT2D eigenvalue weighted by Gasteiger charge is -2.05. The van der Waals surface area contributed by atoms with E-state index in [1.165, 1.54) is 0 Å². The van der Waals surface area contributed by atoms with E-state index in [4.69, 9.17) is 0 Å². The molecule has 0 radical (unpaired) electrons. The van der Waals surface area contributed by atoms with Crippen LogP contribution in [0.25, 0.3) is 11.3 Å². The summed E-state index contributed by atoms with van der Waals surface area (Å²) in [7, 11) is 0. The van der Waals surface area contributed by atoms with E-state index in [9.17, 15) is 0 Å². The topological polar surface area (TPSA) is 25.8 Å². The normalized spacial score (nSPS) is 10.3. The van der Waals surface area contributed by atoms with Crippen molar-refractivity contribution < 1.29 is 0 Å². The average Bonchev–Trinajstić information content (AvgIpc) is 2.17. The monoisotopic (exact) mass is 198 g/mol. The molecule has 2 aromatic heterocycles. The Labute approximate surface area is 90.0 Å². The van der Waals surface area contributed by atoms with Crippen molar-refractivity contribution in [3.8, 4) is 11.3 Å². The maximum Gasteiger partial charge on any atom is 0.0723 e. The van der Waals surface area contributed by atoms with Crippen LogP contribution >= 0.6 is 0 Å². The van der Waals surface area contributed by atoms with Gasteiger partial charge in [-0.25, -0.2) is 0 Å². The van der Waals surface area contributed by atoms with Gasteiger partial charge in [0.1, 0.15) is 0 Å². The first-order chi connectivity index (χ1) is 7.16. The average molecular weight is 198 g/mol. The van der Waals surface area contributed by atoms with Crippen LogP contribution in [0.1, 0.15) is 17.1 Å². The molecule has 0 unspecified atom stereocenters. The summed E-state index contributed by atoms with van der Waals surface area (Å²) in [6.45, 7) is 6.02. The van der Waals surface area contributed by atoms with Gasteiger partial charge in [0.25, 0.3) is 0 Å². The highest BCUT2D eigenvalue weighted by atomic mass is 14.7. The summed E-state index contributed by atoms with van der Waals surface area (Å²) >= 11 is 0. The second kappa shape index (κ2) is 3.81. The lowest BCUT2D eigenvalue weighted by atomic mass is 10.1. The fourth-order valence-electron chi connectivity index (χ4n) is 1.65. The Morgan fingerprint density at radius 2 is 1.53 bits per heavy atom. The summed E-state index contributed by atoms with van der Waals surface area (Å²) in [5.74, 6) is 0. The van der Waals surface area contributed by atoms with Gasteiger partial charge >= 0.3 is 0 Å². The molecule has 0 aliphatic rings. The van der Waals surface area contributed by atoms with Gasteiger partial charge in [-0.3, -0.25) is 9.97 Å². The highest BCUT2D eigenvalue weighted by molar-refractivity contribution is 5.61. The minimum atomic E-state index is 1.00. The van der Waals surface area contributed by atoms with Gasteiger partial charge in [0.2, 0.25) is 0 Å². The summed E-state index contributed by atoms with van der Waals surface area (Å²) in [4.78, 5) is 8.93. The van der Waals surface area contributed by atoms with E-state index in [1.807, 2.05) is 45.0 Å². The summed E-state index contributed by atoms with van der Waals surface area (Å²) in [5.41, 5.74) is 5.23. The Morgan fingerprint density at radius 3 is 2.20 bits per heavy atom. The van der Waals surface area contributed by atoms with Gasteiger partial charge < -0.3 is 0 Å². The summed E-state index contributed by atoms with van der Waals surface area (Å²) in [5, 5.41) is 0. The number of aryl methyl sites for hydroxylation is 3. The van der Waals surface area contributed by atoms with Gasteiger partial charge in [0.05, 0.1) is 5.69 Å². The number of aromatic nitrogens is 2. The van der Waals surface area contributed by atoms with Crippen LogP contribution in [0.15, 0.2) is 30.3 Å². The zero-order valence-electron chi connectivity index (χ0n) is 9.28. The van der Waals surface area contributed by atoms with Crippen LogP contribution in [0, 0.1) is 20.8 Å². The van der Waals surface area contributed by atoms with Crippen LogP contribution in [0.5, 0.6) is 0 Å². The first-order valence-electron chi connectivity index (χ1n) is 5.05. The van der Waals surface area contributed by atoms with Crippen LogP contribution in [-0.4, -0.2) is 9.97 Å². The minimum Gasteiger partial charge on any atom is -0.258 e. The lowest BCUT2D eigenvalue weighted by Crippen LogP contribution is -1.93. The third kappa shape index (κ3) is 2.04. The zero-order valence-corrected chi connectivity index (χ0v) is 9.28. The Balaban J connectivity index is 2.54. The molecule has 2 aromatic rings. The van der Waals surface area contributed by atoms with E-state index in [-0.39, 0.29) is 0 Å². The molecule has 0 saturated heterocycles. The second-order valence-corrected chi connectivity index (χ2v) is 3.75. The SMILES string of the molecule is Cc1cccc(-c2ccc(C)nc2C)n1. The van der Waals surface area contributed by atoms with Crippen molar-refractivity contribution in [2.75, 3.05) is 0 Å². The van der Waals surface area contributed by atoms with E-state index >= 15 is 0 Å². The molecule has 0 spiro atoms. The lowest BCUT2D eigenvalue weighted by molar-refractivity contribution is 1.11. The molecule has 0 fully saturated rings. The van der Waals surface area contributed by atoms with Crippen molar-refractivity contribution >= 4 is 0 Å². The molecule has 0 aromatic carbocycles. The van der Waals surface area contributed by atoms with Crippen molar-refractivity contribution in [3.63, 3.8) is 0 Å². The minimum absolute atomic E-state index is 1.00. The standard InChI is InChI=1S/C13H14N2/c1-9-5-4-6-13(15-9)12-8-7-10(2)14-11(12)3/h4-8H,1-3H3. The largest absolute Gasteiger partial charge is 0.258 e. The van der Waals surface area contributed by atoms with E-state index in [0.29, 0.717) is 0 Å². The molecule has 0 amide bonds. The molecule has 0 N–H and O–H groups in total. The summed E-state index contributed by atoms with van der Waals surface area (Å²) in [6, 6.07) is 10.1. The molecule has 0 atom stereocenters. The molecule has 0 bridgehead atoms. The summed E-state index contributed by atoms with van der Waals surface area (Å²) < 4.78 is 0. The van der Waals surface area contributed by atoms with Crippen LogP contribution in [0.3, 0.4) is 0 Å². The molecular weight excluding hydrogens is 184 g/mol. The Bertz CT molecular complexity index is 490. The Hall–Kier alpha value is -1.70. The molecular formula is C13H14N2. The number of pyridine rings is 2. The van der Waals surface area contributed by atoms with Crippen molar-refractivity contribution in [3.05, 3.63) is 47.4 Å². The van der Waals surface area contributed by atoms with Gasteiger partial charge in [-0.1, -0.05) is 6.07 Å². The first kappa shape index (κ1) is 9.84. The number of hydrogen-bond donors (Lipinski definition) is 0. The molecule has 2 heteroatoms. The van der Waals surface area contributed by atoms with Crippen LogP contribution in [-0.2, 0) is 0 Å². The molecule has 2 heterocycles. The molecule has 2 nitrogen and oxygen atoms in total. The van der Waals surface area contributed by atoms with E-state index in [0.717, 1.165) is 28.3 Å². The number of nitrogens with zero attached hydrogens (tertiary/aromatic N) is 2. The smallest absolute Gasteiger partial charge is 0.0723 e. The first-order valence-corrected chi connectivity index (χ1v) is 5.05. The predicted molar refractivity (Wildman–Crippen MR) is 61.7 cm³/mol. The van der Waals surface area contributed by atoms with Crippen molar-refractivity contribution in [2.45, 2.75) is 20.8 Å². The van der Waals surface area contributed by atoms with Crippen molar-refractivity contribution in [2.24, 2.45) is 0 Å². The van der Waals surface area contributed by atoms with Gasteiger partial charge in [-0.2, -0.15) is 0 Å². The van der Waals surface area contributed by atoms with E-state index in [2.05, 4.69) is 16.0 Å². The fraction of sp³-hybridized carbons (Fsp3) is 0.231. The van der Waals surface area contributed by atoms with Crippen LogP contribution < -0.4 is 0 Å². The fourth-order valence-corrected chi connectivity index (χ4v) is 1.65. The quantitative estimate of drug-likeness (QED) is 0.703. The van der Waals surface area contributed by atoms with Crippen molar-refractivity contribution in [1.29, 1.82) is 0 Å². The molecule has 0 saturated carbocycles. The maximum absolute atomic E-state index is 4.49. The number of hydrogen-bond acceptors (Lipinski definition) is 2. The maximum atomic E-state index is 4.49. The van der Waals surface area contributed by atoms with Crippen molar-refractivity contribution in [1.82, 2.24) is 9.97 Å². The van der Waals surface area contributed by atoms with Gasteiger partial charge in [0.15, 0.2) is 0 Å². The van der Waals surface area contributed by atoms with E-state index in [1.54, 1.807) is 0 Å². The molecule has 0 aliphatic carbocycles. The van der Waals surface area contributed by atoms with E-state index < -0.39 is 0 Å². The highest BCUT2D eigenvalue weighted by Gasteiger charge is 2.04.